The third-order valence-corrected chi connectivity index (χ3v) is 3.23. The molecule has 0 saturated carbocycles. The minimum atomic E-state index is 0.719. The molecule has 0 N–H and O–H groups in total. The highest BCUT2D eigenvalue weighted by Crippen LogP contribution is 2.25. The Labute approximate surface area is 111 Å². The van der Waals surface area contributed by atoms with Crippen molar-refractivity contribution in [3.05, 3.63) is 28.2 Å². The van der Waals surface area contributed by atoms with Gasteiger partial charge in [0.15, 0.2) is 0 Å². The van der Waals surface area contributed by atoms with E-state index >= 15 is 0 Å². The summed E-state index contributed by atoms with van der Waals surface area (Å²) in [4.78, 5) is 2.26. The van der Waals surface area contributed by atoms with E-state index in [1.54, 1.807) is 7.11 Å². The molecular formula is C12H17BrClNO. The van der Waals surface area contributed by atoms with Crippen molar-refractivity contribution in [2.75, 3.05) is 26.6 Å². The highest BCUT2D eigenvalue weighted by molar-refractivity contribution is 9.10. The number of halogens is 2. The van der Waals surface area contributed by atoms with Crippen LogP contribution in [0.15, 0.2) is 22.7 Å². The monoisotopic (exact) mass is 305 g/mol. The van der Waals surface area contributed by atoms with Gasteiger partial charge in [0.05, 0.1) is 11.6 Å². The number of hydrogen-bond acceptors (Lipinski definition) is 2. The average Bonchev–Trinajstić information content (AvgIpc) is 2.26. The summed E-state index contributed by atoms with van der Waals surface area (Å²) >= 11 is 9.15. The SMILES string of the molecule is COc1ccc(CN(C)CCCCl)cc1Br. The lowest BCUT2D eigenvalue weighted by molar-refractivity contribution is 0.328. The zero-order valence-electron chi connectivity index (χ0n) is 9.67. The number of hydrogen-bond donors (Lipinski definition) is 0. The molecule has 1 aromatic carbocycles. The van der Waals surface area contributed by atoms with Crippen molar-refractivity contribution in [2.24, 2.45) is 0 Å². The summed E-state index contributed by atoms with van der Waals surface area (Å²) in [5.41, 5.74) is 1.27. The molecule has 0 atom stereocenters. The molecule has 2 nitrogen and oxygen atoms in total. The van der Waals surface area contributed by atoms with Crippen LogP contribution in [0, 0.1) is 0 Å². The number of ether oxygens (including phenoxy) is 1. The lowest BCUT2D eigenvalue weighted by Crippen LogP contribution is -2.19. The Morgan fingerprint density at radius 1 is 1.44 bits per heavy atom. The second-order valence-corrected chi connectivity index (χ2v) is 4.98. The second-order valence-electron chi connectivity index (χ2n) is 3.75. The van der Waals surface area contributed by atoms with E-state index in [0.29, 0.717) is 0 Å². The Bertz CT molecular complexity index is 333. The topological polar surface area (TPSA) is 12.5 Å². The Hall–Kier alpha value is -0.250. The first-order valence-corrected chi connectivity index (χ1v) is 6.57. The summed E-state index contributed by atoms with van der Waals surface area (Å²) in [5, 5.41) is 0. The van der Waals surface area contributed by atoms with Crippen molar-refractivity contribution >= 4 is 27.5 Å². The van der Waals surface area contributed by atoms with E-state index in [4.69, 9.17) is 16.3 Å². The Morgan fingerprint density at radius 2 is 2.19 bits per heavy atom. The predicted octanol–water partition coefficient (Wildman–Crippen LogP) is 3.52. The zero-order chi connectivity index (χ0) is 12.0. The van der Waals surface area contributed by atoms with Gasteiger partial charge in [-0.15, -0.1) is 11.6 Å². The number of alkyl halides is 1. The average molecular weight is 307 g/mol. The van der Waals surface area contributed by atoms with Gasteiger partial charge in [-0.3, -0.25) is 0 Å². The van der Waals surface area contributed by atoms with Crippen LogP contribution in [0.3, 0.4) is 0 Å². The largest absolute Gasteiger partial charge is 0.496 e. The zero-order valence-corrected chi connectivity index (χ0v) is 12.0. The molecule has 0 aliphatic rings. The molecule has 1 aromatic rings. The van der Waals surface area contributed by atoms with Gasteiger partial charge in [-0.05, 0) is 53.6 Å². The fourth-order valence-electron chi connectivity index (χ4n) is 1.53. The van der Waals surface area contributed by atoms with Gasteiger partial charge < -0.3 is 9.64 Å². The van der Waals surface area contributed by atoms with Gasteiger partial charge >= 0.3 is 0 Å². The Morgan fingerprint density at radius 3 is 2.75 bits per heavy atom. The summed E-state index contributed by atoms with van der Waals surface area (Å²) in [6.07, 6.45) is 1.02. The van der Waals surface area contributed by atoms with E-state index in [1.165, 1.54) is 5.56 Å². The normalized spacial score (nSPS) is 10.8. The molecule has 0 heterocycles. The lowest BCUT2D eigenvalue weighted by Gasteiger charge is -2.16. The number of benzene rings is 1. The molecule has 90 valence electrons. The maximum atomic E-state index is 5.66. The van der Waals surface area contributed by atoms with Gasteiger partial charge in [-0.25, -0.2) is 0 Å². The molecule has 0 spiro atoms. The van der Waals surface area contributed by atoms with Crippen LogP contribution in [0.2, 0.25) is 0 Å². The first kappa shape index (κ1) is 13.8. The van der Waals surface area contributed by atoms with Crippen LogP contribution in [0.5, 0.6) is 5.75 Å². The number of nitrogens with zero attached hydrogens (tertiary/aromatic N) is 1. The van der Waals surface area contributed by atoms with Gasteiger partial charge in [0.2, 0.25) is 0 Å². The Kier molecular flexibility index (Phi) is 6.17. The highest BCUT2D eigenvalue weighted by atomic mass is 79.9. The molecule has 0 saturated heterocycles. The maximum Gasteiger partial charge on any atom is 0.133 e. The molecule has 0 radical (unpaired) electrons. The van der Waals surface area contributed by atoms with Gasteiger partial charge in [0, 0.05) is 12.4 Å². The Balaban J connectivity index is 2.57. The van der Waals surface area contributed by atoms with Crippen LogP contribution in [0.25, 0.3) is 0 Å². The van der Waals surface area contributed by atoms with Crippen molar-refractivity contribution < 1.29 is 4.74 Å². The molecule has 0 aliphatic carbocycles. The van der Waals surface area contributed by atoms with Crippen LogP contribution in [-0.4, -0.2) is 31.5 Å². The highest BCUT2D eigenvalue weighted by Gasteiger charge is 2.04. The van der Waals surface area contributed by atoms with Crippen molar-refractivity contribution in [1.29, 1.82) is 0 Å². The van der Waals surface area contributed by atoms with Crippen molar-refractivity contribution in [3.8, 4) is 5.75 Å². The summed E-state index contributed by atoms with van der Waals surface area (Å²) in [6, 6.07) is 6.16. The third-order valence-electron chi connectivity index (χ3n) is 2.34. The molecule has 16 heavy (non-hydrogen) atoms. The van der Waals surface area contributed by atoms with Gasteiger partial charge in [-0.1, -0.05) is 6.07 Å². The summed E-state index contributed by atoms with van der Waals surface area (Å²) in [6.45, 7) is 1.95. The first-order chi connectivity index (χ1) is 7.67. The summed E-state index contributed by atoms with van der Waals surface area (Å²) < 4.78 is 6.19. The van der Waals surface area contributed by atoms with E-state index in [0.717, 1.165) is 35.6 Å². The van der Waals surface area contributed by atoms with Gasteiger partial charge in [0.1, 0.15) is 5.75 Å². The molecule has 0 aliphatic heterocycles. The summed E-state index contributed by atoms with van der Waals surface area (Å²) in [5.74, 6) is 1.59. The molecule has 1 rings (SSSR count). The maximum absolute atomic E-state index is 5.66. The minimum Gasteiger partial charge on any atom is -0.496 e. The van der Waals surface area contributed by atoms with Crippen LogP contribution in [-0.2, 0) is 6.54 Å². The van der Waals surface area contributed by atoms with E-state index in [1.807, 2.05) is 6.07 Å². The van der Waals surface area contributed by atoms with Gasteiger partial charge in [0.25, 0.3) is 0 Å². The molecule has 0 amide bonds. The van der Waals surface area contributed by atoms with Crippen molar-refractivity contribution in [3.63, 3.8) is 0 Å². The third kappa shape index (κ3) is 4.32. The van der Waals surface area contributed by atoms with Crippen molar-refractivity contribution in [1.82, 2.24) is 4.90 Å². The van der Waals surface area contributed by atoms with Crippen LogP contribution >= 0.6 is 27.5 Å². The minimum absolute atomic E-state index is 0.719. The number of rotatable bonds is 6. The second kappa shape index (κ2) is 7.15. The van der Waals surface area contributed by atoms with Crippen LogP contribution < -0.4 is 4.74 Å². The fraction of sp³-hybridized carbons (Fsp3) is 0.500. The quantitative estimate of drug-likeness (QED) is 0.746. The van der Waals surface area contributed by atoms with Gasteiger partial charge in [-0.2, -0.15) is 0 Å². The van der Waals surface area contributed by atoms with E-state index < -0.39 is 0 Å². The molecule has 4 heteroatoms. The number of methoxy groups -OCH3 is 1. The van der Waals surface area contributed by atoms with Crippen LogP contribution in [0.1, 0.15) is 12.0 Å². The molecule has 0 fully saturated rings. The van der Waals surface area contributed by atoms with Crippen molar-refractivity contribution in [2.45, 2.75) is 13.0 Å². The van der Waals surface area contributed by atoms with E-state index in [9.17, 15) is 0 Å². The predicted molar refractivity (Wildman–Crippen MR) is 72.4 cm³/mol. The smallest absolute Gasteiger partial charge is 0.133 e. The van der Waals surface area contributed by atoms with E-state index in [-0.39, 0.29) is 0 Å². The molecular weight excluding hydrogens is 289 g/mol. The summed E-state index contributed by atoms with van der Waals surface area (Å²) in [7, 11) is 3.77. The lowest BCUT2D eigenvalue weighted by atomic mass is 10.2. The van der Waals surface area contributed by atoms with Crippen LogP contribution in [0.4, 0.5) is 0 Å². The van der Waals surface area contributed by atoms with E-state index in [2.05, 4.69) is 40.0 Å². The first-order valence-electron chi connectivity index (χ1n) is 5.24. The standard InChI is InChI=1S/C12H17BrClNO/c1-15(7-3-6-14)9-10-4-5-12(16-2)11(13)8-10/h4-5,8H,3,6-7,9H2,1-2H3. The molecule has 0 aromatic heterocycles. The molecule has 0 bridgehead atoms. The fourth-order valence-corrected chi connectivity index (χ4v) is 2.24. The molecule has 0 unspecified atom stereocenters.